The maximum absolute atomic E-state index is 12.0. The highest BCUT2D eigenvalue weighted by Gasteiger charge is 2.11. The molecule has 1 aromatic rings. The minimum absolute atomic E-state index is 0.202. The zero-order chi connectivity index (χ0) is 13.9. The van der Waals surface area contributed by atoms with Gasteiger partial charge in [0, 0.05) is 5.20 Å². The molecule has 0 aliphatic heterocycles. The van der Waals surface area contributed by atoms with E-state index in [2.05, 4.69) is 13.5 Å². The van der Waals surface area contributed by atoms with E-state index in [1.165, 1.54) is 0 Å². The Morgan fingerprint density at radius 2 is 2.05 bits per heavy atom. The van der Waals surface area contributed by atoms with E-state index in [0.717, 1.165) is 23.6 Å². The molecule has 0 aliphatic rings. The van der Waals surface area contributed by atoms with Crippen LogP contribution in [0.15, 0.2) is 35.5 Å². The molecule has 5 heteroatoms. The summed E-state index contributed by atoms with van der Waals surface area (Å²) in [5.74, 6) is -0.202. The van der Waals surface area contributed by atoms with Gasteiger partial charge in [0.2, 0.25) is 0 Å². The molecule has 19 heavy (non-hydrogen) atoms. The summed E-state index contributed by atoms with van der Waals surface area (Å²) in [5.41, 5.74) is 1.03. The fourth-order valence-corrected chi connectivity index (χ4v) is 3.76. The maximum Gasteiger partial charge on any atom is 0.331 e. The van der Waals surface area contributed by atoms with Crippen molar-refractivity contribution in [3.05, 3.63) is 41.1 Å². The number of hydrogen-bond acceptors (Lipinski definition) is 3. The van der Waals surface area contributed by atoms with Gasteiger partial charge in [0.15, 0.2) is 9.76 Å². The molecule has 1 rings (SSSR count). The van der Waals surface area contributed by atoms with Crippen LogP contribution in [0.4, 0.5) is 0 Å². The molecule has 0 heterocycles. The van der Waals surface area contributed by atoms with Crippen molar-refractivity contribution < 1.29 is 13.6 Å². The summed E-state index contributed by atoms with van der Waals surface area (Å²) >= 11 is 0. The third-order valence-corrected chi connectivity index (χ3v) is 5.85. The van der Waals surface area contributed by atoms with Gasteiger partial charge in [-0.15, -0.1) is 0 Å². The molecule has 0 radical (unpaired) electrons. The Labute approximate surface area is 119 Å². The first-order valence-corrected chi connectivity index (χ1v) is 10.1. The van der Waals surface area contributed by atoms with Crippen molar-refractivity contribution in [1.82, 2.24) is 0 Å². The third kappa shape index (κ3) is 6.51. The molecule has 0 saturated heterocycles. The van der Waals surface area contributed by atoms with Crippen LogP contribution >= 0.6 is 0 Å². The Morgan fingerprint density at radius 3 is 2.68 bits per heavy atom. The highest BCUT2D eigenvalue weighted by molar-refractivity contribution is 6.55. The number of esters is 1. The second-order valence-corrected chi connectivity index (χ2v) is 7.47. The van der Waals surface area contributed by atoms with E-state index in [9.17, 15) is 4.79 Å². The zero-order valence-electron chi connectivity index (χ0n) is 11.7. The van der Waals surface area contributed by atoms with Gasteiger partial charge >= 0.3 is 5.97 Å². The van der Waals surface area contributed by atoms with E-state index >= 15 is 0 Å². The predicted molar refractivity (Wildman–Crippen MR) is 84.3 cm³/mol. The summed E-state index contributed by atoms with van der Waals surface area (Å²) < 4.78 is 10.9. The Kier molecular flexibility index (Phi) is 8.12. The van der Waals surface area contributed by atoms with Crippen molar-refractivity contribution in [2.45, 2.75) is 26.3 Å². The Morgan fingerprint density at radius 1 is 1.32 bits per heavy atom. The van der Waals surface area contributed by atoms with Crippen molar-refractivity contribution >= 4 is 31.6 Å². The topological polar surface area (TPSA) is 35.5 Å². The lowest BCUT2D eigenvalue weighted by Crippen LogP contribution is -2.16. The van der Waals surface area contributed by atoms with Gasteiger partial charge in [0.1, 0.15) is 9.76 Å². The SMILES string of the molecule is CCCCOC(=O)C(=Cc1ccccc1)[SiH2]O[SiH2]C. The fraction of sp³-hybridized carbons (Fsp3) is 0.357. The quantitative estimate of drug-likeness (QED) is 0.316. The van der Waals surface area contributed by atoms with Crippen LogP contribution in [0.25, 0.3) is 6.08 Å². The number of benzene rings is 1. The smallest absolute Gasteiger partial charge is 0.331 e. The summed E-state index contributed by atoms with van der Waals surface area (Å²) in [4.78, 5) is 12.0. The van der Waals surface area contributed by atoms with Crippen LogP contribution in [0.1, 0.15) is 25.3 Å². The molecule has 0 aromatic heterocycles. The molecule has 104 valence electrons. The highest BCUT2D eigenvalue weighted by atomic mass is 28.3. The van der Waals surface area contributed by atoms with Gasteiger partial charge in [-0.1, -0.05) is 50.2 Å². The van der Waals surface area contributed by atoms with Crippen LogP contribution in [-0.4, -0.2) is 32.1 Å². The normalized spacial score (nSPS) is 12.6. The number of carbonyl (C=O) groups excluding carboxylic acids is 1. The molecule has 0 atom stereocenters. The predicted octanol–water partition coefficient (Wildman–Crippen LogP) is 1.60. The van der Waals surface area contributed by atoms with Crippen LogP contribution in [0.2, 0.25) is 6.55 Å². The molecule has 0 amide bonds. The van der Waals surface area contributed by atoms with Gasteiger partial charge in [0.05, 0.1) is 6.61 Å². The van der Waals surface area contributed by atoms with Gasteiger partial charge in [-0.2, -0.15) is 0 Å². The monoisotopic (exact) mass is 294 g/mol. The standard InChI is InChI=1S/C14H22O3Si2/c1-3-4-10-16-14(15)13(19-17-18-2)11-12-8-6-5-7-9-12/h5-9,11H,3-4,10,18-19H2,1-2H3. The Balaban J connectivity index is 2.70. The summed E-state index contributed by atoms with van der Waals surface area (Å²) in [6.45, 7) is 4.66. The van der Waals surface area contributed by atoms with E-state index in [0.29, 0.717) is 6.61 Å². The minimum atomic E-state index is -0.952. The Hall–Kier alpha value is -1.18. The summed E-state index contributed by atoms with van der Waals surface area (Å²) in [6.07, 6.45) is 3.85. The molecule has 3 nitrogen and oxygen atoms in total. The highest BCUT2D eigenvalue weighted by Crippen LogP contribution is 2.08. The van der Waals surface area contributed by atoms with Crippen molar-refractivity contribution in [3.8, 4) is 0 Å². The average Bonchev–Trinajstić information content (AvgIpc) is 2.44. The summed E-state index contributed by atoms with van der Waals surface area (Å²) in [5, 5.41) is 0.733. The maximum atomic E-state index is 12.0. The summed E-state index contributed by atoms with van der Waals surface area (Å²) in [7, 11) is -1.41. The first kappa shape index (κ1) is 15.9. The molecule has 0 aliphatic carbocycles. The van der Waals surface area contributed by atoms with E-state index < -0.39 is 19.5 Å². The molecule has 1 aromatic carbocycles. The second-order valence-electron chi connectivity index (χ2n) is 4.21. The van der Waals surface area contributed by atoms with Crippen LogP contribution < -0.4 is 0 Å². The molecular weight excluding hydrogens is 272 g/mol. The van der Waals surface area contributed by atoms with Crippen LogP contribution in [0, 0.1) is 0 Å². The fourth-order valence-electron chi connectivity index (χ4n) is 1.52. The molecule has 0 fully saturated rings. The van der Waals surface area contributed by atoms with Gasteiger partial charge < -0.3 is 8.85 Å². The van der Waals surface area contributed by atoms with Gasteiger partial charge in [-0.05, 0) is 18.1 Å². The van der Waals surface area contributed by atoms with Crippen LogP contribution in [0.5, 0.6) is 0 Å². The minimum Gasteiger partial charge on any atom is -0.463 e. The average molecular weight is 294 g/mol. The lowest BCUT2D eigenvalue weighted by molar-refractivity contribution is -0.138. The van der Waals surface area contributed by atoms with Gasteiger partial charge in [-0.3, -0.25) is 0 Å². The van der Waals surface area contributed by atoms with Crippen LogP contribution in [-0.2, 0) is 13.6 Å². The molecule has 0 unspecified atom stereocenters. The van der Waals surface area contributed by atoms with Gasteiger partial charge in [-0.25, -0.2) is 4.79 Å². The zero-order valence-corrected chi connectivity index (χ0v) is 14.6. The second kappa shape index (κ2) is 9.71. The molecule has 0 N–H and O–H groups in total. The van der Waals surface area contributed by atoms with E-state index in [-0.39, 0.29) is 5.97 Å². The van der Waals surface area contributed by atoms with Crippen molar-refractivity contribution in [2.75, 3.05) is 6.61 Å². The first-order valence-electron chi connectivity index (χ1n) is 6.78. The lowest BCUT2D eigenvalue weighted by atomic mass is 10.2. The number of carbonyl (C=O) groups is 1. The number of rotatable bonds is 8. The van der Waals surface area contributed by atoms with Crippen molar-refractivity contribution in [2.24, 2.45) is 0 Å². The van der Waals surface area contributed by atoms with E-state index in [1.807, 2.05) is 36.4 Å². The summed E-state index contributed by atoms with van der Waals surface area (Å²) in [6, 6.07) is 9.85. The number of hydrogen-bond donors (Lipinski definition) is 0. The third-order valence-electron chi connectivity index (χ3n) is 2.60. The van der Waals surface area contributed by atoms with Crippen molar-refractivity contribution in [3.63, 3.8) is 0 Å². The molecule has 0 saturated carbocycles. The van der Waals surface area contributed by atoms with Crippen molar-refractivity contribution in [1.29, 1.82) is 0 Å². The van der Waals surface area contributed by atoms with E-state index in [4.69, 9.17) is 8.85 Å². The number of ether oxygens (including phenoxy) is 1. The van der Waals surface area contributed by atoms with Crippen LogP contribution in [0.3, 0.4) is 0 Å². The Bertz CT molecular complexity index is 404. The largest absolute Gasteiger partial charge is 0.463 e. The molecule has 0 bridgehead atoms. The van der Waals surface area contributed by atoms with Gasteiger partial charge in [0.25, 0.3) is 0 Å². The van der Waals surface area contributed by atoms with E-state index in [1.54, 1.807) is 0 Å². The molecule has 0 spiro atoms. The first-order chi connectivity index (χ1) is 9.27. The number of unbranched alkanes of at least 4 members (excludes halogenated alkanes) is 1. The molecular formula is C14H22O3Si2. The lowest BCUT2D eigenvalue weighted by Gasteiger charge is -2.08.